The van der Waals surface area contributed by atoms with E-state index in [9.17, 15) is 4.39 Å². The summed E-state index contributed by atoms with van der Waals surface area (Å²) < 4.78 is 18.8. The van der Waals surface area contributed by atoms with Crippen LogP contribution >= 0.6 is 0 Å². The predicted molar refractivity (Wildman–Crippen MR) is 65.6 cm³/mol. The van der Waals surface area contributed by atoms with Gasteiger partial charge in [0.25, 0.3) is 0 Å². The van der Waals surface area contributed by atoms with Crippen LogP contribution in [0.4, 0.5) is 4.39 Å². The van der Waals surface area contributed by atoms with Gasteiger partial charge in [-0.15, -0.1) is 0 Å². The van der Waals surface area contributed by atoms with E-state index in [-0.39, 0.29) is 5.82 Å². The number of halogens is 1. The maximum Gasteiger partial charge on any atom is 0.123 e. The highest BCUT2D eigenvalue weighted by Crippen LogP contribution is 2.34. The quantitative estimate of drug-likeness (QED) is 0.750. The zero-order chi connectivity index (χ0) is 11.8. The highest BCUT2D eigenvalue weighted by Gasteiger charge is 2.22. The molecule has 1 aliphatic heterocycles. The smallest absolute Gasteiger partial charge is 0.123 e. The standard InChI is InChI=1S/C14H16FNO/c1-16-6-4-10(5-7-16)14-13-3-2-12(15)8-11(13)9-17-14/h2-3,8-10H,4-7H2,1H3. The molecule has 2 heterocycles. The fraction of sp³-hybridized carbons (Fsp3) is 0.429. The van der Waals surface area contributed by atoms with Crippen molar-refractivity contribution in [2.45, 2.75) is 18.8 Å². The summed E-state index contributed by atoms with van der Waals surface area (Å²) in [6, 6.07) is 4.88. The summed E-state index contributed by atoms with van der Waals surface area (Å²) in [5.41, 5.74) is 0. The molecule has 0 aliphatic carbocycles. The molecule has 17 heavy (non-hydrogen) atoms. The molecule has 0 spiro atoms. The van der Waals surface area contributed by atoms with Crippen LogP contribution in [-0.4, -0.2) is 25.0 Å². The number of likely N-dealkylation sites (tertiary alicyclic amines) is 1. The van der Waals surface area contributed by atoms with E-state index in [4.69, 9.17) is 4.42 Å². The van der Waals surface area contributed by atoms with Gasteiger partial charge in [0.15, 0.2) is 0 Å². The van der Waals surface area contributed by atoms with Crippen LogP contribution in [0.1, 0.15) is 24.5 Å². The van der Waals surface area contributed by atoms with Gasteiger partial charge in [0.2, 0.25) is 0 Å². The first-order valence-electron chi connectivity index (χ1n) is 6.09. The molecule has 3 rings (SSSR count). The number of hydrogen-bond donors (Lipinski definition) is 0. The van der Waals surface area contributed by atoms with E-state index in [0.29, 0.717) is 5.92 Å². The van der Waals surface area contributed by atoms with Crippen molar-refractivity contribution in [2.24, 2.45) is 0 Å². The molecular weight excluding hydrogens is 217 g/mol. The second-order valence-corrected chi connectivity index (χ2v) is 4.91. The highest BCUT2D eigenvalue weighted by atomic mass is 19.1. The van der Waals surface area contributed by atoms with Gasteiger partial charge in [-0.1, -0.05) is 0 Å². The third-order valence-corrected chi connectivity index (χ3v) is 3.68. The highest BCUT2D eigenvalue weighted by molar-refractivity contribution is 5.84. The van der Waals surface area contributed by atoms with Gasteiger partial charge in [-0.25, -0.2) is 4.39 Å². The SMILES string of the molecule is CN1CCC(c2occ3cc(F)ccc23)CC1. The molecule has 2 nitrogen and oxygen atoms in total. The number of benzene rings is 1. The van der Waals surface area contributed by atoms with Crippen molar-refractivity contribution in [3.8, 4) is 0 Å². The summed E-state index contributed by atoms with van der Waals surface area (Å²) in [4.78, 5) is 2.33. The Labute approximate surface area is 100 Å². The fourth-order valence-corrected chi connectivity index (χ4v) is 2.63. The number of nitrogens with zero attached hydrogens (tertiary/aromatic N) is 1. The van der Waals surface area contributed by atoms with Crippen LogP contribution < -0.4 is 0 Å². The van der Waals surface area contributed by atoms with Crippen LogP contribution in [0, 0.1) is 5.82 Å². The van der Waals surface area contributed by atoms with Gasteiger partial charge in [-0.3, -0.25) is 0 Å². The van der Waals surface area contributed by atoms with Gasteiger partial charge < -0.3 is 9.32 Å². The Balaban J connectivity index is 1.95. The molecule has 1 aliphatic rings. The molecule has 3 heteroatoms. The summed E-state index contributed by atoms with van der Waals surface area (Å²) >= 11 is 0. The molecule has 0 saturated carbocycles. The van der Waals surface area contributed by atoms with E-state index in [1.807, 2.05) is 6.07 Å². The second-order valence-electron chi connectivity index (χ2n) is 4.91. The molecule has 0 unspecified atom stereocenters. The molecular formula is C14H16FNO. The third kappa shape index (κ3) is 1.95. The topological polar surface area (TPSA) is 16.4 Å². The Hall–Kier alpha value is -1.35. The maximum atomic E-state index is 13.1. The Morgan fingerprint density at radius 3 is 2.82 bits per heavy atom. The van der Waals surface area contributed by atoms with Crippen LogP contribution in [0.3, 0.4) is 0 Å². The minimum atomic E-state index is -0.201. The van der Waals surface area contributed by atoms with Crippen LogP contribution in [0.2, 0.25) is 0 Å². The normalized spacial score (nSPS) is 18.9. The first-order chi connectivity index (χ1) is 8.24. The largest absolute Gasteiger partial charge is 0.468 e. The zero-order valence-corrected chi connectivity index (χ0v) is 9.95. The van der Waals surface area contributed by atoms with Gasteiger partial charge in [-0.05, 0) is 51.2 Å². The molecule has 0 N–H and O–H groups in total. The molecule has 1 aromatic carbocycles. The molecule has 90 valence electrons. The minimum Gasteiger partial charge on any atom is -0.468 e. The van der Waals surface area contributed by atoms with Crippen LogP contribution in [0.5, 0.6) is 0 Å². The summed E-state index contributed by atoms with van der Waals surface area (Å²) in [5.74, 6) is 1.32. The lowest BCUT2D eigenvalue weighted by Crippen LogP contribution is -2.29. The van der Waals surface area contributed by atoms with Crippen molar-refractivity contribution in [1.82, 2.24) is 4.90 Å². The lowest BCUT2D eigenvalue weighted by molar-refractivity contribution is 0.241. The Morgan fingerprint density at radius 1 is 1.29 bits per heavy atom. The summed E-state index contributed by atoms with van der Waals surface area (Å²) in [7, 11) is 2.14. The van der Waals surface area contributed by atoms with Crippen molar-refractivity contribution in [3.63, 3.8) is 0 Å². The molecule has 1 saturated heterocycles. The fourth-order valence-electron chi connectivity index (χ4n) is 2.63. The monoisotopic (exact) mass is 233 g/mol. The third-order valence-electron chi connectivity index (χ3n) is 3.68. The van der Waals surface area contributed by atoms with E-state index in [0.717, 1.165) is 42.5 Å². The van der Waals surface area contributed by atoms with Crippen molar-refractivity contribution in [1.29, 1.82) is 0 Å². The molecule has 0 radical (unpaired) electrons. The number of rotatable bonds is 1. The first kappa shape index (κ1) is 10.8. The van der Waals surface area contributed by atoms with Gasteiger partial charge in [0.05, 0.1) is 6.26 Å². The van der Waals surface area contributed by atoms with Crippen molar-refractivity contribution in [2.75, 3.05) is 20.1 Å². The van der Waals surface area contributed by atoms with Crippen LogP contribution in [0.15, 0.2) is 28.9 Å². The lowest BCUT2D eigenvalue weighted by atomic mass is 9.92. The van der Waals surface area contributed by atoms with E-state index < -0.39 is 0 Å². The van der Waals surface area contributed by atoms with E-state index >= 15 is 0 Å². The van der Waals surface area contributed by atoms with E-state index in [1.165, 1.54) is 12.1 Å². The molecule has 1 aromatic heterocycles. The van der Waals surface area contributed by atoms with Crippen LogP contribution in [0.25, 0.3) is 10.8 Å². The zero-order valence-electron chi connectivity index (χ0n) is 9.95. The van der Waals surface area contributed by atoms with Crippen molar-refractivity contribution < 1.29 is 8.81 Å². The number of fused-ring (bicyclic) bond motifs is 1. The summed E-state index contributed by atoms with van der Waals surface area (Å²) in [6.45, 7) is 2.21. The Bertz CT molecular complexity index is 526. The molecule has 0 atom stereocenters. The lowest BCUT2D eigenvalue weighted by Gasteiger charge is -2.27. The number of furan rings is 1. The molecule has 2 aromatic rings. The van der Waals surface area contributed by atoms with E-state index in [1.54, 1.807) is 6.26 Å². The average Bonchev–Trinajstić information content (AvgIpc) is 2.73. The first-order valence-corrected chi connectivity index (χ1v) is 6.09. The molecule has 1 fully saturated rings. The Morgan fingerprint density at radius 2 is 2.06 bits per heavy atom. The second kappa shape index (κ2) is 4.15. The van der Waals surface area contributed by atoms with Crippen LogP contribution in [-0.2, 0) is 0 Å². The Kier molecular flexibility index (Phi) is 2.63. The van der Waals surface area contributed by atoms with Gasteiger partial charge in [-0.2, -0.15) is 0 Å². The van der Waals surface area contributed by atoms with Gasteiger partial charge in [0.1, 0.15) is 11.6 Å². The summed E-state index contributed by atoms with van der Waals surface area (Å²) in [5, 5.41) is 1.94. The van der Waals surface area contributed by atoms with Crippen molar-refractivity contribution in [3.05, 3.63) is 36.0 Å². The number of piperidine rings is 1. The average molecular weight is 233 g/mol. The molecule has 0 amide bonds. The summed E-state index contributed by atoms with van der Waals surface area (Å²) in [6.07, 6.45) is 3.92. The van der Waals surface area contributed by atoms with Gasteiger partial charge in [0, 0.05) is 16.7 Å². The van der Waals surface area contributed by atoms with E-state index in [2.05, 4.69) is 11.9 Å². The number of hydrogen-bond acceptors (Lipinski definition) is 2. The predicted octanol–water partition coefficient (Wildman–Crippen LogP) is 3.38. The minimum absolute atomic E-state index is 0.201. The van der Waals surface area contributed by atoms with Crippen molar-refractivity contribution >= 4 is 10.8 Å². The van der Waals surface area contributed by atoms with Gasteiger partial charge >= 0.3 is 0 Å². The maximum absolute atomic E-state index is 13.1. The molecule has 0 bridgehead atoms.